The number of halogens is 2. The zero-order chi connectivity index (χ0) is 19.7. The molecule has 2 amide bonds. The second kappa shape index (κ2) is 5.29. The van der Waals surface area contributed by atoms with Gasteiger partial charge in [0.1, 0.15) is 11.0 Å². The number of hydrogen-bond donors (Lipinski definition) is 1. The highest BCUT2D eigenvalue weighted by atomic mass is 19.3. The minimum absolute atomic E-state index is 0.0142. The lowest BCUT2D eigenvalue weighted by Crippen LogP contribution is -2.64. The minimum Gasteiger partial charge on any atom is -0.481 e. The fraction of sp³-hybridized carbons (Fsp3) is 0.824. The van der Waals surface area contributed by atoms with E-state index in [1.165, 1.54) is 16.7 Å². The van der Waals surface area contributed by atoms with Crippen molar-refractivity contribution < 1.29 is 33.0 Å². The Kier molecular flexibility index (Phi) is 3.84. The van der Waals surface area contributed by atoms with E-state index in [0.29, 0.717) is 0 Å². The molecule has 7 nitrogen and oxygen atoms in total. The van der Waals surface area contributed by atoms with E-state index in [-0.39, 0.29) is 26.2 Å². The van der Waals surface area contributed by atoms with E-state index in [1.54, 1.807) is 20.8 Å². The van der Waals surface area contributed by atoms with Crippen LogP contribution in [0.5, 0.6) is 0 Å². The molecule has 0 aromatic rings. The first-order valence-electron chi connectivity index (χ1n) is 8.59. The lowest BCUT2D eigenvalue weighted by Gasteiger charge is -2.50. The van der Waals surface area contributed by atoms with Crippen molar-refractivity contribution in [2.24, 2.45) is 16.7 Å². The van der Waals surface area contributed by atoms with Crippen molar-refractivity contribution in [3.05, 3.63) is 0 Å². The van der Waals surface area contributed by atoms with E-state index in [0.717, 1.165) is 0 Å². The van der Waals surface area contributed by atoms with Gasteiger partial charge in [0.25, 0.3) is 5.92 Å². The summed E-state index contributed by atoms with van der Waals surface area (Å²) in [5, 5.41) is 9.52. The highest BCUT2D eigenvalue weighted by molar-refractivity contribution is 5.88. The lowest BCUT2D eigenvalue weighted by atomic mass is 9.71. The lowest BCUT2D eigenvalue weighted by molar-refractivity contribution is -0.162. The molecule has 2 saturated heterocycles. The SMILES string of the molecule is CC(C)(C)OC(=O)N1CC(C(=O)O)C2(C1)CN(C(=O)C1(C)CC1(F)F)C2. The molecule has 0 bridgehead atoms. The molecule has 2 atom stereocenters. The predicted octanol–water partition coefficient (Wildman–Crippen LogP) is 1.81. The third-order valence-corrected chi connectivity index (χ3v) is 5.63. The van der Waals surface area contributed by atoms with Gasteiger partial charge in [0.2, 0.25) is 5.91 Å². The molecule has 146 valence electrons. The highest BCUT2D eigenvalue weighted by Gasteiger charge is 2.75. The van der Waals surface area contributed by atoms with Crippen molar-refractivity contribution >= 4 is 18.0 Å². The van der Waals surface area contributed by atoms with Crippen LogP contribution in [-0.4, -0.2) is 70.6 Å². The first-order chi connectivity index (χ1) is 11.7. The van der Waals surface area contributed by atoms with E-state index < -0.39 is 52.7 Å². The van der Waals surface area contributed by atoms with Gasteiger partial charge >= 0.3 is 12.1 Å². The molecule has 0 radical (unpaired) electrons. The molecule has 0 aromatic heterocycles. The molecule has 3 rings (SSSR count). The Balaban J connectivity index is 1.69. The van der Waals surface area contributed by atoms with Crippen molar-refractivity contribution in [2.45, 2.75) is 45.6 Å². The van der Waals surface area contributed by atoms with E-state index in [4.69, 9.17) is 4.74 Å². The first-order valence-corrected chi connectivity index (χ1v) is 8.59. The summed E-state index contributed by atoms with van der Waals surface area (Å²) >= 11 is 0. The molecule has 2 heterocycles. The minimum atomic E-state index is -3.00. The van der Waals surface area contributed by atoms with Crippen molar-refractivity contribution in [1.29, 1.82) is 0 Å². The van der Waals surface area contributed by atoms with Crippen molar-refractivity contribution in [3.63, 3.8) is 0 Å². The molecule has 1 aliphatic carbocycles. The molecule has 3 fully saturated rings. The maximum absolute atomic E-state index is 13.4. The van der Waals surface area contributed by atoms with E-state index in [1.807, 2.05) is 0 Å². The second-order valence-corrected chi connectivity index (χ2v) is 8.99. The Bertz CT molecular complexity index is 669. The molecule has 26 heavy (non-hydrogen) atoms. The number of carboxylic acid groups (broad SMARTS) is 1. The van der Waals surface area contributed by atoms with E-state index in [2.05, 4.69) is 0 Å². The number of nitrogens with zero attached hydrogens (tertiary/aromatic N) is 2. The molecule has 1 saturated carbocycles. The number of amides is 2. The van der Waals surface area contributed by atoms with Gasteiger partial charge in [-0.05, 0) is 27.7 Å². The average molecular weight is 374 g/mol. The van der Waals surface area contributed by atoms with Gasteiger partial charge in [-0.2, -0.15) is 0 Å². The summed E-state index contributed by atoms with van der Waals surface area (Å²) in [5.41, 5.74) is -3.20. The Hall–Kier alpha value is -1.93. The van der Waals surface area contributed by atoms with Crippen LogP contribution < -0.4 is 0 Å². The largest absolute Gasteiger partial charge is 0.481 e. The zero-order valence-corrected chi connectivity index (χ0v) is 15.3. The van der Waals surface area contributed by atoms with Crippen molar-refractivity contribution in [2.75, 3.05) is 26.2 Å². The van der Waals surface area contributed by atoms with Crippen LogP contribution in [0.3, 0.4) is 0 Å². The third kappa shape index (κ3) is 2.81. The number of carbonyl (C=O) groups excluding carboxylic acids is 2. The van der Waals surface area contributed by atoms with Crippen LogP contribution in [0.4, 0.5) is 13.6 Å². The van der Waals surface area contributed by atoms with Gasteiger partial charge in [0.05, 0.1) is 5.92 Å². The maximum Gasteiger partial charge on any atom is 0.410 e. The monoisotopic (exact) mass is 374 g/mol. The van der Waals surface area contributed by atoms with Crippen LogP contribution in [0.25, 0.3) is 0 Å². The summed E-state index contributed by atoms with van der Waals surface area (Å²) in [6.07, 6.45) is -1.08. The first kappa shape index (κ1) is 18.8. The molecule has 9 heteroatoms. The number of aliphatic carboxylic acids is 1. The van der Waals surface area contributed by atoms with Gasteiger partial charge < -0.3 is 19.6 Å². The molecule has 1 spiro atoms. The standard InChI is InChI=1S/C17H24F2N2O5/c1-14(2,3)26-13(25)20-5-10(11(22)23)16(7-20)8-21(9-16)12(24)15(4)6-17(15,18)19/h10H,5-9H2,1-4H3,(H,22,23). The van der Waals surface area contributed by atoms with Gasteiger partial charge in [-0.3, -0.25) is 9.59 Å². The molecular formula is C17H24F2N2O5. The smallest absolute Gasteiger partial charge is 0.410 e. The van der Waals surface area contributed by atoms with Gasteiger partial charge in [-0.1, -0.05) is 0 Å². The molecule has 3 aliphatic rings. The number of alkyl halides is 2. The van der Waals surface area contributed by atoms with Crippen LogP contribution >= 0.6 is 0 Å². The molecule has 1 N–H and O–H groups in total. The maximum atomic E-state index is 13.4. The fourth-order valence-corrected chi connectivity index (χ4v) is 3.93. The van der Waals surface area contributed by atoms with Crippen LogP contribution in [-0.2, 0) is 14.3 Å². The number of rotatable bonds is 2. The van der Waals surface area contributed by atoms with Crippen LogP contribution in [0.15, 0.2) is 0 Å². The summed E-state index contributed by atoms with van der Waals surface area (Å²) < 4.78 is 32.2. The molecular weight excluding hydrogens is 350 g/mol. The van der Waals surface area contributed by atoms with E-state index in [9.17, 15) is 28.3 Å². The predicted molar refractivity (Wildman–Crippen MR) is 85.6 cm³/mol. The Labute approximate surface area is 150 Å². The zero-order valence-electron chi connectivity index (χ0n) is 15.3. The number of likely N-dealkylation sites (tertiary alicyclic amines) is 2. The van der Waals surface area contributed by atoms with Gasteiger partial charge in [0.15, 0.2) is 0 Å². The number of carbonyl (C=O) groups is 3. The second-order valence-electron chi connectivity index (χ2n) is 8.99. The Morgan fingerprint density at radius 2 is 1.62 bits per heavy atom. The molecule has 0 aromatic carbocycles. The van der Waals surface area contributed by atoms with E-state index >= 15 is 0 Å². The normalized spacial score (nSPS) is 31.5. The van der Waals surface area contributed by atoms with Crippen LogP contribution in [0.1, 0.15) is 34.1 Å². The summed E-state index contributed by atoms with van der Waals surface area (Å²) in [4.78, 5) is 38.9. The topological polar surface area (TPSA) is 87.2 Å². The van der Waals surface area contributed by atoms with Crippen LogP contribution in [0, 0.1) is 16.7 Å². The van der Waals surface area contributed by atoms with Gasteiger partial charge in [-0.15, -0.1) is 0 Å². The fourth-order valence-electron chi connectivity index (χ4n) is 3.93. The summed E-state index contributed by atoms with van der Waals surface area (Å²) in [6.45, 7) is 6.62. The number of carboxylic acids is 1. The Morgan fingerprint density at radius 3 is 2.04 bits per heavy atom. The number of ether oxygens (including phenoxy) is 1. The molecule has 2 unspecified atom stereocenters. The summed E-state index contributed by atoms with van der Waals surface area (Å²) in [6, 6.07) is 0. The van der Waals surface area contributed by atoms with Crippen molar-refractivity contribution in [1.82, 2.24) is 9.80 Å². The quantitative estimate of drug-likeness (QED) is 0.797. The summed E-state index contributed by atoms with van der Waals surface area (Å²) in [5.74, 6) is -5.57. The highest BCUT2D eigenvalue weighted by Crippen LogP contribution is 2.62. The van der Waals surface area contributed by atoms with Crippen LogP contribution in [0.2, 0.25) is 0 Å². The number of hydrogen-bond acceptors (Lipinski definition) is 4. The third-order valence-electron chi connectivity index (χ3n) is 5.63. The van der Waals surface area contributed by atoms with Gasteiger partial charge in [-0.25, -0.2) is 13.6 Å². The van der Waals surface area contributed by atoms with Crippen molar-refractivity contribution in [3.8, 4) is 0 Å². The average Bonchev–Trinajstić information content (AvgIpc) is 2.81. The Morgan fingerprint density at radius 1 is 1.12 bits per heavy atom. The van der Waals surface area contributed by atoms with Gasteiger partial charge in [0, 0.05) is 38.0 Å². The molecule has 2 aliphatic heterocycles. The summed E-state index contributed by atoms with van der Waals surface area (Å²) in [7, 11) is 0.